The number of hydrogen-bond donors (Lipinski definition) is 0. The zero-order valence-corrected chi connectivity index (χ0v) is 6.12. The number of nitrogens with zero attached hydrogens (tertiary/aromatic N) is 2. The molecule has 1 fully saturated rings. The van der Waals surface area contributed by atoms with Gasteiger partial charge in [-0.1, -0.05) is 5.92 Å². The Morgan fingerprint density at radius 3 is 2.45 bits per heavy atom. The van der Waals surface area contributed by atoms with E-state index in [1.165, 1.54) is 12.8 Å². The summed E-state index contributed by atoms with van der Waals surface area (Å²) in [6, 6.07) is 0. The molecule has 54 valence electrons. The fourth-order valence-corrected chi connectivity index (χ4v) is 0.965. The van der Waals surface area contributed by atoms with Gasteiger partial charge in [-0.05, 0) is 12.8 Å². The first kappa shape index (κ1) is 6.36. The molecule has 1 saturated carbocycles. The van der Waals surface area contributed by atoms with Crippen molar-refractivity contribution in [2.24, 2.45) is 0 Å². The van der Waals surface area contributed by atoms with Crippen molar-refractivity contribution in [3.8, 4) is 12.3 Å². The summed E-state index contributed by atoms with van der Waals surface area (Å²) in [5, 5.41) is 0. The van der Waals surface area contributed by atoms with Crippen LogP contribution in [0.15, 0.2) is 12.4 Å². The Hall–Kier alpha value is -1.36. The maximum Gasteiger partial charge on any atom is 0.131 e. The van der Waals surface area contributed by atoms with Crippen LogP contribution in [0.2, 0.25) is 0 Å². The molecule has 0 bridgehead atoms. The monoisotopic (exact) mass is 144 g/mol. The largest absolute Gasteiger partial charge is 0.240 e. The predicted molar refractivity (Wildman–Crippen MR) is 41.9 cm³/mol. The predicted octanol–water partition coefficient (Wildman–Crippen LogP) is 1.34. The molecule has 1 aromatic rings. The van der Waals surface area contributed by atoms with Gasteiger partial charge in [-0.25, -0.2) is 9.97 Å². The zero-order chi connectivity index (χ0) is 7.68. The molecular weight excluding hydrogens is 136 g/mol. The molecule has 1 heterocycles. The molecule has 0 saturated heterocycles. The van der Waals surface area contributed by atoms with E-state index in [4.69, 9.17) is 6.42 Å². The van der Waals surface area contributed by atoms with Gasteiger partial charge in [-0.2, -0.15) is 0 Å². The Kier molecular flexibility index (Phi) is 1.36. The number of terminal acetylenes is 1. The summed E-state index contributed by atoms with van der Waals surface area (Å²) in [5.74, 6) is 4.05. The van der Waals surface area contributed by atoms with Crippen molar-refractivity contribution in [3.05, 3.63) is 23.8 Å². The first-order valence-corrected chi connectivity index (χ1v) is 3.68. The third-order valence-electron chi connectivity index (χ3n) is 1.78. The lowest BCUT2D eigenvalue weighted by Gasteiger charge is -1.93. The highest BCUT2D eigenvalue weighted by Gasteiger charge is 2.25. The van der Waals surface area contributed by atoms with Crippen LogP contribution in [0.1, 0.15) is 30.1 Å². The van der Waals surface area contributed by atoms with Gasteiger partial charge < -0.3 is 0 Å². The summed E-state index contributed by atoms with van der Waals surface area (Å²) in [7, 11) is 0. The van der Waals surface area contributed by atoms with Crippen molar-refractivity contribution in [1.29, 1.82) is 0 Å². The molecule has 2 heteroatoms. The topological polar surface area (TPSA) is 25.8 Å². The highest BCUT2D eigenvalue weighted by atomic mass is 14.9. The average Bonchev–Trinajstić information content (AvgIpc) is 2.87. The van der Waals surface area contributed by atoms with Crippen LogP contribution in [-0.4, -0.2) is 9.97 Å². The van der Waals surface area contributed by atoms with Crippen LogP contribution in [0.4, 0.5) is 0 Å². The molecule has 0 amide bonds. The third kappa shape index (κ3) is 1.22. The first-order valence-electron chi connectivity index (χ1n) is 3.68. The molecular formula is C9H8N2. The van der Waals surface area contributed by atoms with Gasteiger partial charge in [-0.3, -0.25) is 0 Å². The van der Waals surface area contributed by atoms with Gasteiger partial charge in [0.15, 0.2) is 0 Å². The van der Waals surface area contributed by atoms with Gasteiger partial charge in [0, 0.05) is 18.3 Å². The number of rotatable bonds is 1. The maximum atomic E-state index is 5.16. The normalized spacial score (nSPS) is 15.9. The van der Waals surface area contributed by atoms with E-state index >= 15 is 0 Å². The number of hydrogen-bond acceptors (Lipinski definition) is 2. The van der Waals surface area contributed by atoms with Crippen LogP contribution in [-0.2, 0) is 0 Å². The summed E-state index contributed by atoms with van der Waals surface area (Å²) in [6.45, 7) is 0. The van der Waals surface area contributed by atoms with Crippen molar-refractivity contribution >= 4 is 0 Å². The van der Waals surface area contributed by atoms with Crippen molar-refractivity contribution < 1.29 is 0 Å². The highest BCUT2D eigenvalue weighted by Crippen LogP contribution is 2.37. The lowest BCUT2D eigenvalue weighted by molar-refractivity contribution is 0.923. The maximum absolute atomic E-state index is 5.16. The van der Waals surface area contributed by atoms with Crippen molar-refractivity contribution in [1.82, 2.24) is 9.97 Å². The minimum absolute atomic E-state index is 0.613. The summed E-state index contributed by atoms with van der Waals surface area (Å²) in [4.78, 5) is 8.32. The Morgan fingerprint density at radius 2 is 2.00 bits per heavy atom. The van der Waals surface area contributed by atoms with Gasteiger partial charge in [0.25, 0.3) is 0 Å². The molecule has 0 N–H and O–H groups in total. The summed E-state index contributed by atoms with van der Waals surface area (Å²) in [6.07, 6.45) is 11.0. The Labute approximate surface area is 65.7 Å². The molecule has 2 rings (SSSR count). The second kappa shape index (κ2) is 2.35. The van der Waals surface area contributed by atoms with Crippen molar-refractivity contribution in [2.75, 3.05) is 0 Å². The van der Waals surface area contributed by atoms with Crippen LogP contribution < -0.4 is 0 Å². The van der Waals surface area contributed by atoms with E-state index in [0.717, 1.165) is 11.4 Å². The quantitative estimate of drug-likeness (QED) is 0.556. The van der Waals surface area contributed by atoms with Gasteiger partial charge in [0.05, 0.1) is 5.56 Å². The lowest BCUT2D eigenvalue weighted by Crippen LogP contribution is -1.91. The van der Waals surface area contributed by atoms with E-state index in [1.807, 2.05) is 0 Å². The Morgan fingerprint density at radius 1 is 1.36 bits per heavy atom. The van der Waals surface area contributed by atoms with Crippen molar-refractivity contribution in [2.45, 2.75) is 18.8 Å². The van der Waals surface area contributed by atoms with E-state index in [1.54, 1.807) is 12.4 Å². The smallest absolute Gasteiger partial charge is 0.131 e. The first-order chi connectivity index (χ1) is 5.40. The van der Waals surface area contributed by atoms with E-state index in [2.05, 4.69) is 15.9 Å². The fourth-order valence-electron chi connectivity index (χ4n) is 0.965. The lowest BCUT2D eigenvalue weighted by atomic mass is 10.3. The molecule has 11 heavy (non-hydrogen) atoms. The minimum atomic E-state index is 0.613. The average molecular weight is 144 g/mol. The Balaban J connectivity index is 2.27. The molecule has 2 nitrogen and oxygen atoms in total. The van der Waals surface area contributed by atoms with Crippen LogP contribution in [0, 0.1) is 12.3 Å². The van der Waals surface area contributed by atoms with Crippen LogP contribution in [0.25, 0.3) is 0 Å². The molecule has 1 aliphatic rings. The number of aromatic nitrogens is 2. The van der Waals surface area contributed by atoms with Crippen LogP contribution in [0.5, 0.6) is 0 Å². The molecule has 0 unspecified atom stereocenters. The second-order valence-electron chi connectivity index (χ2n) is 2.75. The molecule has 0 spiro atoms. The van der Waals surface area contributed by atoms with Crippen LogP contribution in [0.3, 0.4) is 0 Å². The molecule has 0 aromatic carbocycles. The van der Waals surface area contributed by atoms with E-state index in [0.29, 0.717) is 5.92 Å². The second-order valence-corrected chi connectivity index (χ2v) is 2.75. The fraction of sp³-hybridized carbons (Fsp3) is 0.333. The van der Waals surface area contributed by atoms with Crippen molar-refractivity contribution in [3.63, 3.8) is 0 Å². The summed E-state index contributed by atoms with van der Waals surface area (Å²) >= 11 is 0. The van der Waals surface area contributed by atoms with Gasteiger partial charge in [-0.15, -0.1) is 6.42 Å². The van der Waals surface area contributed by atoms with Gasteiger partial charge >= 0.3 is 0 Å². The van der Waals surface area contributed by atoms with Gasteiger partial charge in [0.2, 0.25) is 0 Å². The molecule has 1 aliphatic carbocycles. The molecule has 0 atom stereocenters. The zero-order valence-electron chi connectivity index (χ0n) is 6.12. The summed E-state index contributed by atoms with van der Waals surface area (Å²) < 4.78 is 0. The molecule has 0 radical (unpaired) electrons. The summed E-state index contributed by atoms with van der Waals surface area (Å²) in [5.41, 5.74) is 0.759. The SMILES string of the molecule is C#Cc1cnc(C2CC2)nc1. The minimum Gasteiger partial charge on any atom is -0.240 e. The van der Waals surface area contributed by atoms with E-state index < -0.39 is 0 Å². The standard InChI is InChI=1S/C9H8N2/c1-2-7-5-10-9(11-6-7)8-3-4-8/h1,5-6,8H,3-4H2. The van der Waals surface area contributed by atoms with E-state index in [9.17, 15) is 0 Å². The molecule has 1 aromatic heterocycles. The van der Waals surface area contributed by atoms with Crippen LogP contribution >= 0.6 is 0 Å². The van der Waals surface area contributed by atoms with E-state index in [-0.39, 0.29) is 0 Å². The Bertz CT molecular complexity index is 290. The third-order valence-corrected chi connectivity index (χ3v) is 1.78. The highest BCUT2D eigenvalue weighted by molar-refractivity contribution is 5.26. The van der Waals surface area contributed by atoms with Gasteiger partial charge in [0.1, 0.15) is 5.82 Å². The molecule has 0 aliphatic heterocycles.